The number of aromatic nitrogens is 2. The van der Waals surface area contributed by atoms with Gasteiger partial charge in [0.05, 0.1) is 15.9 Å². The predicted molar refractivity (Wildman–Crippen MR) is 75.3 cm³/mol. The summed E-state index contributed by atoms with van der Waals surface area (Å²) in [6, 6.07) is 2.27. The third-order valence-corrected chi connectivity index (χ3v) is 4.56. The quantitative estimate of drug-likeness (QED) is 0.943. The highest BCUT2D eigenvalue weighted by molar-refractivity contribution is 9.10. The summed E-state index contributed by atoms with van der Waals surface area (Å²) in [4.78, 5) is 0. The molecule has 2 heterocycles. The van der Waals surface area contributed by atoms with Gasteiger partial charge in [0.25, 0.3) is 0 Å². The molecule has 0 saturated carbocycles. The summed E-state index contributed by atoms with van der Waals surface area (Å²) in [5.74, 6) is 0. The summed E-state index contributed by atoms with van der Waals surface area (Å²) in [5.41, 5.74) is 9.69. The summed E-state index contributed by atoms with van der Waals surface area (Å²) >= 11 is 5.29. The van der Waals surface area contributed by atoms with Gasteiger partial charge in [-0.3, -0.25) is 4.68 Å². The lowest BCUT2D eigenvalue weighted by molar-refractivity contribution is 0.612. The Balaban J connectivity index is 2.05. The summed E-state index contributed by atoms with van der Waals surface area (Å²) in [5, 5.41) is 8.62. The average molecular weight is 314 g/mol. The Morgan fingerprint density at radius 1 is 1.53 bits per heavy atom. The molecule has 2 aromatic rings. The lowest BCUT2D eigenvalue weighted by Gasteiger charge is -2.11. The van der Waals surface area contributed by atoms with Gasteiger partial charge in [0, 0.05) is 19.5 Å². The van der Waals surface area contributed by atoms with Gasteiger partial charge in [-0.1, -0.05) is 0 Å². The smallest absolute Gasteiger partial charge is 0.0738 e. The van der Waals surface area contributed by atoms with Crippen molar-refractivity contribution in [3.63, 3.8) is 0 Å². The number of hydrogen-bond acceptors (Lipinski definition) is 3. The Morgan fingerprint density at radius 2 is 2.29 bits per heavy atom. The number of nitrogens with zero attached hydrogens (tertiary/aromatic N) is 2. The number of nitrogens with two attached hydrogens (primary N) is 1. The highest BCUT2D eigenvalue weighted by Crippen LogP contribution is 2.22. The van der Waals surface area contributed by atoms with Crippen molar-refractivity contribution in [3.05, 3.63) is 38.3 Å². The van der Waals surface area contributed by atoms with Gasteiger partial charge < -0.3 is 5.73 Å². The predicted octanol–water partition coefficient (Wildman–Crippen LogP) is 2.67. The molecule has 5 heteroatoms. The van der Waals surface area contributed by atoms with Crippen LogP contribution in [-0.2, 0) is 19.9 Å². The molecule has 17 heavy (non-hydrogen) atoms. The van der Waals surface area contributed by atoms with Gasteiger partial charge in [-0.25, -0.2) is 0 Å². The first-order chi connectivity index (χ1) is 8.08. The molecule has 0 aliphatic rings. The van der Waals surface area contributed by atoms with Crippen LogP contribution in [0.4, 0.5) is 0 Å². The molecule has 0 aliphatic carbocycles. The summed E-state index contributed by atoms with van der Waals surface area (Å²) in [6.45, 7) is 2.00. The van der Waals surface area contributed by atoms with E-state index in [1.54, 1.807) is 11.3 Å². The van der Waals surface area contributed by atoms with Crippen LogP contribution in [0.15, 0.2) is 21.3 Å². The van der Waals surface area contributed by atoms with E-state index in [2.05, 4.69) is 37.9 Å². The van der Waals surface area contributed by atoms with Crippen LogP contribution in [0.25, 0.3) is 0 Å². The highest BCUT2D eigenvalue weighted by atomic mass is 79.9. The number of thiophene rings is 1. The molecule has 0 aromatic carbocycles. The van der Waals surface area contributed by atoms with E-state index in [0.717, 1.165) is 23.0 Å². The first kappa shape index (κ1) is 12.8. The van der Waals surface area contributed by atoms with Crippen LogP contribution >= 0.6 is 27.3 Å². The van der Waals surface area contributed by atoms with Gasteiger partial charge in [-0.05, 0) is 51.7 Å². The fraction of sp³-hybridized carbons (Fsp3) is 0.417. The largest absolute Gasteiger partial charge is 0.327 e. The first-order valence-electron chi connectivity index (χ1n) is 5.52. The topological polar surface area (TPSA) is 43.8 Å². The molecule has 0 aliphatic heterocycles. The fourth-order valence-corrected chi connectivity index (χ4v) is 3.11. The average Bonchev–Trinajstić information content (AvgIpc) is 2.83. The van der Waals surface area contributed by atoms with E-state index < -0.39 is 0 Å². The monoisotopic (exact) mass is 313 g/mol. The Kier molecular flexibility index (Phi) is 4.01. The van der Waals surface area contributed by atoms with Crippen molar-refractivity contribution in [2.75, 3.05) is 0 Å². The van der Waals surface area contributed by atoms with E-state index in [1.807, 2.05) is 18.7 Å². The number of hydrogen-bond donors (Lipinski definition) is 1. The van der Waals surface area contributed by atoms with E-state index in [1.165, 1.54) is 11.3 Å². The van der Waals surface area contributed by atoms with Crippen molar-refractivity contribution >= 4 is 27.3 Å². The van der Waals surface area contributed by atoms with Crippen molar-refractivity contribution in [1.29, 1.82) is 0 Å². The lowest BCUT2D eigenvalue weighted by Crippen LogP contribution is -2.26. The summed E-state index contributed by atoms with van der Waals surface area (Å²) in [7, 11) is 1.96. The van der Waals surface area contributed by atoms with E-state index >= 15 is 0 Å². The molecule has 2 aromatic heterocycles. The first-order valence-corrected chi connectivity index (χ1v) is 7.26. The van der Waals surface area contributed by atoms with Gasteiger partial charge in [-0.15, -0.1) is 0 Å². The second-order valence-electron chi connectivity index (χ2n) is 4.27. The summed E-state index contributed by atoms with van der Waals surface area (Å²) in [6.07, 6.45) is 1.76. The van der Waals surface area contributed by atoms with Crippen molar-refractivity contribution < 1.29 is 0 Å². The fourth-order valence-electron chi connectivity index (χ4n) is 1.93. The molecule has 2 rings (SSSR count). The molecule has 2 N–H and O–H groups in total. The lowest BCUT2D eigenvalue weighted by atomic mass is 10.0. The Morgan fingerprint density at radius 3 is 2.82 bits per heavy atom. The van der Waals surface area contributed by atoms with Gasteiger partial charge in [-0.2, -0.15) is 16.4 Å². The minimum absolute atomic E-state index is 0.135. The molecule has 3 nitrogen and oxygen atoms in total. The van der Waals surface area contributed by atoms with Crippen molar-refractivity contribution in [3.8, 4) is 0 Å². The second kappa shape index (κ2) is 5.33. The Labute approximate surface area is 114 Å². The SMILES string of the molecule is Cc1nn(C)c(CC(N)Cc2ccsc2)c1Br. The van der Waals surface area contributed by atoms with Crippen molar-refractivity contribution in [2.24, 2.45) is 12.8 Å². The number of halogens is 1. The van der Waals surface area contributed by atoms with Crippen LogP contribution in [0.5, 0.6) is 0 Å². The molecular formula is C12H16BrN3S. The van der Waals surface area contributed by atoms with Crippen LogP contribution < -0.4 is 5.73 Å². The third-order valence-electron chi connectivity index (χ3n) is 2.80. The van der Waals surface area contributed by atoms with Gasteiger partial charge >= 0.3 is 0 Å². The van der Waals surface area contributed by atoms with E-state index in [9.17, 15) is 0 Å². The van der Waals surface area contributed by atoms with Crippen LogP contribution in [-0.4, -0.2) is 15.8 Å². The number of aryl methyl sites for hydroxylation is 2. The van der Waals surface area contributed by atoms with Crippen molar-refractivity contribution in [2.45, 2.75) is 25.8 Å². The zero-order valence-electron chi connectivity index (χ0n) is 9.98. The van der Waals surface area contributed by atoms with Crippen LogP contribution in [0.3, 0.4) is 0 Å². The molecule has 1 unspecified atom stereocenters. The standard InChI is InChI=1S/C12H16BrN3S/c1-8-12(13)11(16(2)15-8)6-10(14)5-9-3-4-17-7-9/h3-4,7,10H,5-6,14H2,1-2H3. The molecular weight excluding hydrogens is 298 g/mol. The zero-order chi connectivity index (χ0) is 12.4. The van der Waals surface area contributed by atoms with Gasteiger partial charge in [0.1, 0.15) is 0 Å². The van der Waals surface area contributed by atoms with E-state index in [-0.39, 0.29) is 6.04 Å². The van der Waals surface area contributed by atoms with Crippen LogP contribution in [0.2, 0.25) is 0 Å². The highest BCUT2D eigenvalue weighted by Gasteiger charge is 2.14. The maximum absolute atomic E-state index is 6.19. The van der Waals surface area contributed by atoms with Crippen LogP contribution in [0.1, 0.15) is 17.0 Å². The molecule has 0 amide bonds. The molecule has 1 atom stereocenters. The normalized spacial score (nSPS) is 12.9. The zero-order valence-corrected chi connectivity index (χ0v) is 12.4. The van der Waals surface area contributed by atoms with E-state index in [0.29, 0.717) is 0 Å². The summed E-state index contributed by atoms with van der Waals surface area (Å²) < 4.78 is 2.99. The maximum atomic E-state index is 6.19. The molecule has 92 valence electrons. The molecule has 0 fully saturated rings. The second-order valence-corrected chi connectivity index (χ2v) is 5.84. The van der Waals surface area contributed by atoms with E-state index in [4.69, 9.17) is 5.73 Å². The minimum Gasteiger partial charge on any atom is -0.327 e. The van der Waals surface area contributed by atoms with Gasteiger partial charge in [0.2, 0.25) is 0 Å². The third kappa shape index (κ3) is 2.97. The minimum atomic E-state index is 0.135. The molecule has 0 bridgehead atoms. The molecule has 0 spiro atoms. The van der Waals surface area contributed by atoms with Gasteiger partial charge in [0.15, 0.2) is 0 Å². The van der Waals surface area contributed by atoms with Crippen molar-refractivity contribution in [1.82, 2.24) is 9.78 Å². The Bertz CT molecular complexity index is 490. The Hall–Kier alpha value is -0.650. The molecule has 0 saturated heterocycles. The number of rotatable bonds is 4. The van der Waals surface area contributed by atoms with Crippen LogP contribution in [0, 0.1) is 6.92 Å². The molecule has 0 radical (unpaired) electrons. The maximum Gasteiger partial charge on any atom is 0.0738 e.